The SMILES string of the molecule is Cc1ccc(C(=O)NCCn2cncn2)cc1NC(=O)c1cccc(F)c1F. The molecule has 2 amide bonds. The van der Waals surface area contributed by atoms with Gasteiger partial charge in [-0.1, -0.05) is 12.1 Å². The Morgan fingerprint density at radius 1 is 1.14 bits per heavy atom. The van der Waals surface area contributed by atoms with Gasteiger partial charge >= 0.3 is 0 Å². The summed E-state index contributed by atoms with van der Waals surface area (Å²) >= 11 is 0. The van der Waals surface area contributed by atoms with E-state index in [2.05, 4.69) is 20.7 Å². The van der Waals surface area contributed by atoms with Crippen LogP contribution in [0.2, 0.25) is 0 Å². The molecule has 144 valence electrons. The van der Waals surface area contributed by atoms with Crippen LogP contribution >= 0.6 is 0 Å². The molecule has 0 unspecified atom stereocenters. The van der Waals surface area contributed by atoms with Gasteiger partial charge in [0.15, 0.2) is 11.6 Å². The van der Waals surface area contributed by atoms with Gasteiger partial charge in [0.25, 0.3) is 11.8 Å². The average molecular weight is 385 g/mol. The first-order chi connectivity index (χ1) is 13.5. The number of benzene rings is 2. The van der Waals surface area contributed by atoms with Crippen molar-refractivity contribution in [2.45, 2.75) is 13.5 Å². The Labute approximate surface area is 159 Å². The first-order valence-electron chi connectivity index (χ1n) is 8.42. The second-order valence-corrected chi connectivity index (χ2v) is 6.00. The van der Waals surface area contributed by atoms with Crippen molar-refractivity contribution in [1.29, 1.82) is 0 Å². The van der Waals surface area contributed by atoms with E-state index in [1.54, 1.807) is 23.7 Å². The number of amides is 2. The molecule has 0 fully saturated rings. The van der Waals surface area contributed by atoms with Crippen LogP contribution in [0.25, 0.3) is 0 Å². The summed E-state index contributed by atoms with van der Waals surface area (Å²) in [4.78, 5) is 28.4. The highest BCUT2D eigenvalue weighted by Crippen LogP contribution is 2.19. The van der Waals surface area contributed by atoms with Crippen LogP contribution in [0.5, 0.6) is 0 Å². The second-order valence-electron chi connectivity index (χ2n) is 6.00. The van der Waals surface area contributed by atoms with Gasteiger partial charge < -0.3 is 10.6 Å². The number of rotatable bonds is 6. The lowest BCUT2D eigenvalue weighted by Gasteiger charge is -2.12. The zero-order chi connectivity index (χ0) is 20.1. The van der Waals surface area contributed by atoms with Gasteiger partial charge in [-0.15, -0.1) is 0 Å². The fourth-order valence-corrected chi connectivity index (χ4v) is 2.50. The molecule has 3 aromatic rings. The molecule has 0 saturated heterocycles. The minimum absolute atomic E-state index is 0.319. The van der Waals surface area contributed by atoms with Crippen molar-refractivity contribution in [2.24, 2.45) is 0 Å². The molecule has 0 aliphatic carbocycles. The summed E-state index contributed by atoms with van der Waals surface area (Å²) in [5, 5.41) is 9.19. The largest absolute Gasteiger partial charge is 0.350 e. The van der Waals surface area contributed by atoms with Crippen LogP contribution < -0.4 is 10.6 Å². The third-order valence-corrected chi connectivity index (χ3v) is 4.04. The first-order valence-corrected chi connectivity index (χ1v) is 8.42. The fraction of sp³-hybridized carbons (Fsp3) is 0.158. The Kier molecular flexibility index (Phi) is 5.73. The van der Waals surface area contributed by atoms with Crippen LogP contribution in [0.4, 0.5) is 14.5 Å². The number of carbonyl (C=O) groups excluding carboxylic acids is 2. The molecule has 28 heavy (non-hydrogen) atoms. The van der Waals surface area contributed by atoms with E-state index in [1.165, 1.54) is 30.9 Å². The van der Waals surface area contributed by atoms with E-state index in [-0.39, 0.29) is 5.91 Å². The molecule has 2 aromatic carbocycles. The molecule has 9 heteroatoms. The maximum atomic E-state index is 13.8. The van der Waals surface area contributed by atoms with Crippen molar-refractivity contribution >= 4 is 17.5 Å². The normalized spacial score (nSPS) is 10.5. The van der Waals surface area contributed by atoms with E-state index in [4.69, 9.17) is 0 Å². The quantitative estimate of drug-likeness (QED) is 0.683. The van der Waals surface area contributed by atoms with Gasteiger partial charge in [-0.2, -0.15) is 5.10 Å². The highest BCUT2D eigenvalue weighted by Gasteiger charge is 2.16. The Morgan fingerprint density at radius 2 is 1.96 bits per heavy atom. The maximum Gasteiger partial charge on any atom is 0.258 e. The molecule has 2 N–H and O–H groups in total. The van der Waals surface area contributed by atoms with Gasteiger partial charge in [0.1, 0.15) is 12.7 Å². The summed E-state index contributed by atoms with van der Waals surface area (Å²) in [7, 11) is 0. The first kappa shape index (κ1) is 19.2. The van der Waals surface area contributed by atoms with E-state index >= 15 is 0 Å². The molecule has 7 nitrogen and oxygen atoms in total. The van der Waals surface area contributed by atoms with Gasteiger partial charge in [-0.05, 0) is 36.8 Å². The minimum atomic E-state index is -1.22. The lowest BCUT2D eigenvalue weighted by Crippen LogP contribution is -2.27. The number of hydrogen-bond acceptors (Lipinski definition) is 4. The average Bonchev–Trinajstić information content (AvgIpc) is 3.19. The zero-order valence-corrected chi connectivity index (χ0v) is 14.9. The Bertz CT molecular complexity index is 1010. The highest BCUT2D eigenvalue weighted by molar-refractivity contribution is 6.05. The molecule has 3 rings (SSSR count). The van der Waals surface area contributed by atoms with Gasteiger partial charge in [-0.25, -0.2) is 13.8 Å². The van der Waals surface area contributed by atoms with Crippen molar-refractivity contribution in [3.05, 3.63) is 77.4 Å². The van der Waals surface area contributed by atoms with Crippen LogP contribution in [0.15, 0.2) is 49.1 Å². The van der Waals surface area contributed by atoms with E-state index < -0.39 is 23.1 Å². The predicted octanol–water partition coefficient (Wildman–Crippen LogP) is 2.55. The van der Waals surface area contributed by atoms with Gasteiger partial charge in [0.05, 0.1) is 12.1 Å². The van der Waals surface area contributed by atoms with Crippen LogP contribution in [0, 0.1) is 18.6 Å². The van der Waals surface area contributed by atoms with Crippen molar-refractivity contribution in [3.8, 4) is 0 Å². The molecule has 0 radical (unpaired) electrons. The summed E-state index contributed by atoms with van der Waals surface area (Å²) in [5.74, 6) is -3.47. The molecule has 0 atom stereocenters. The predicted molar refractivity (Wildman–Crippen MR) is 97.8 cm³/mol. The molecule has 0 bridgehead atoms. The molecular formula is C19H17F2N5O2. The lowest BCUT2D eigenvalue weighted by molar-refractivity contribution is 0.0950. The summed E-state index contributed by atoms with van der Waals surface area (Å²) in [6.07, 6.45) is 2.94. The fourth-order valence-electron chi connectivity index (χ4n) is 2.50. The number of halogens is 2. The molecular weight excluding hydrogens is 368 g/mol. The number of aromatic nitrogens is 3. The van der Waals surface area contributed by atoms with E-state index in [1.807, 2.05) is 0 Å². The summed E-state index contributed by atoms with van der Waals surface area (Å²) < 4.78 is 28.7. The highest BCUT2D eigenvalue weighted by atomic mass is 19.2. The monoisotopic (exact) mass is 385 g/mol. The molecule has 0 aliphatic heterocycles. The summed E-state index contributed by atoms with van der Waals surface area (Å²) in [5.41, 5.74) is 0.906. The van der Waals surface area contributed by atoms with Crippen molar-refractivity contribution < 1.29 is 18.4 Å². The number of aryl methyl sites for hydroxylation is 1. The number of hydrogen-bond donors (Lipinski definition) is 2. The Balaban J connectivity index is 1.69. The lowest BCUT2D eigenvalue weighted by atomic mass is 10.1. The van der Waals surface area contributed by atoms with E-state index in [0.29, 0.717) is 29.9 Å². The van der Waals surface area contributed by atoms with Crippen molar-refractivity contribution in [1.82, 2.24) is 20.1 Å². The third kappa shape index (κ3) is 4.37. The third-order valence-electron chi connectivity index (χ3n) is 4.04. The van der Waals surface area contributed by atoms with Crippen molar-refractivity contribution in [3.63, 3.8) is 0 Å². The molecule has 1 heterocycles. The van der Waals surface area contributed by atoms with Gasteiger partial charge in [0, 0.05) is 17.8 Å². The van der Waals surface area contributed by atoms with E-state index in [9.17, 15) is 18.4 Å². The van der Waals surface area contributed by atoms with Crippen LogP contribution in [0.3, 0.4) is 0 Å². The standard InChI is InChI=1S/C19H17F2N5O2/c1-12-5-6-13(18(27)23-7-8-26-11-22-10-24-26)9-16(12)25-19(28)14-3-2-4-15(20)17(14)21/h2-6,9-11H,7-8H2,1H3,(H,23,27)(H,25,28). The second kappa shape index (κ2) is 8.38. The van der Waals surface area contributed by atoms with Crippen molar-refractivity contribution in [2.75, 3.05) is 11.9 Å². The Morgan fingerprint density at radius 3 is 2.71 bits per heavy atom. The summed E-state index contributed by atoms with van der Waals surface area (Å²) in [6.45, 7) is 2.52. The van der Waals surface area contributed by atoms with Crippen LogP contribution in [0.1, 0.15) is 26.3 Å². The van der Waals surface area contributed by atoms with Gasteiger partial charge in [0.2, 0.25) is 0 Å². The van der Waals surface area contributed by atoms with Crippen LogP contribution in [-0.2, 0) is 6.54 Å². The Hall–Kier alpha value is -3.62. The van der Waals surface area contributed by atoms with Crippen LogP contribution in [-0.4, -0.2) is 33.1 Å². The molecule has 0 aliphatic rings. The summed E-state index contributed by atoms with van der Waals surface area (Å²) in [6, 6.07) is 8.11. The van der Waals surface area contributed by atoms with Gasteiger partial charge in [-0.3, -0.25) is 14.3 Å². The molecule has 0 spiro atoms. The minimum Gasteiger partial charge on any atom is -0.350 e. The number of carbonyl (C=O) groups is 2. The van der Waals surface area contributed by atoms with E-state index in [0.717, 1.165) is 6.07 Å². The zero-order valence-electron chi connectivity index (χ0n) is 14.9. The molecule has 0 saturated carbocycles. The molecule has 1 aromatic heterocycles. The maximum absolute atomic E-state index is 13.8. The number of nitrogens with zero attached hydrogens (tertiary/aromatic N) is 3. The number of anilines is 1. The smallest absolute Gasteiger partial charge is 0.258 e. The topological polar surface area (TPSA) is 88.9 Å². The number of nitrogens with one attached hydrogen (secondary N) is 2.